The van der Waals surface area contributed by atoms with Gasteiger partial charge in [-0.25, -0.2) is 0 Å². The lowest BCUT2D eigenvalue weighted by Gasteiger charge is -2.18. The maximum absolute atomic E-state index is 12.9. The molecular formula is C63H108O5. The molecule has 0 amide bonds. The summed E-state index contributed by atoms with van der Waals surface area (Å²) in [6.07, 6.45) is 78.6. The molecule has 0 aliphatic rings. The van der Waals surface area contributed by atoms with E-state index in [1.807, 2.05) is 0 Å². The molecule has 0 aromatic heterocycles. The van der Waals surface area contributed by atoms with Crippen molar-refractivity contribution in [3.8, 4) is 0 Å². The van der Waals surface area contributed by atoms with Crippen LogP contribution in [-0.2, 0) is 23.8 Å². The van der Waals surface area contributed by atoms with Gasteiger partial charge in [-0.15, -0.1) is 0 Å². The van der Waals surface area contributed by atoms with Crippen LogP contribution in [0.5, 0.6) is 0 Å². The molecule has 0 radical (unpaired) electrons. The Labute approximate surface area is 422 Å². The van der Waals surface area contributed by atoms with Crippen LogP contribution in [0.4, 0.5) is 0 Å². The number of ether oxygens (including phenoxy) is 3. The third kappa shape index (κ3) is 55.4. The van der Waals surface area contributed by atoms with Crippen molar-refractivity contribution in [3.05, 3.63) is 97.2 Å². The lowest BCUT2D eigenvalue weighted by molar-refractivity contribution is -0.163. The maximum Gasteiger partial charge on any atom is 0.306 e. The predicted octanol–water partition coefficient (Wildman–Crippen LogP) is 19.8. The number of hydrogen-bond donors (Lipinski definition) is 0. The molecule has 0 heterocycles. The van der Waals surface area contributed by atoms with E-state index in [1.54, 1.807) is 0 Å². The number of carbonyl (C=O) groups excluding carboxylic acids is 2. The molecule has 0 fully saturated rings. The highest BCUT2D eigenvalue weighted by Gasteiger charge is 2.17. The Morgan fingerprint density at radius 3 is 1.07 bits per heavy atom. The molecule has 0 aromatic carbocycles. The summed E-state index contributed by atoms with van der Waals surface area (Å²) in [4.78, 5) is 25.5. The Morgan fingerprint density at radius 2 is 0.662 bits per heavy atom. The smallest absolute Gasteiger partial charge is 0.306 e. The fourth-order valence-corrected chi connectivity index (χ4v) is 7.90. The van der Waals surface area contributed by atoms with Crippen LogP contribution in [0.1, 0.15) is 265 Å². The molecule has 5 nitrogen and oxygen atoms in total. The highest BCUT2D eigenvalue weighted by atomic mass is 16.6. The van der Waals surface area contributed by atoms with Gasteiger partial charge in [0.05, 0.1) is 6.61 Å². The van der Waals surface area contributed by atoms with E-state index in [0.717, 1.165) is 109 Å². The van der Waals surface area contributed by atoms with Gasteiger partial charge in [-0.3, -0.25) is 9.59 Å². The summed E-state index contributed by atoms with van der Waals surface area (Å²) < 4.78 is 17.4. The third-order valence-electron chi connectivity index (χ3n) is 12.1. The summed E-state index contributed by atoms with van der Waals surface area (Å²) in [7, 11) is 0. The van der Waals surface area contributed by atoms with E-state index in [2.05, 4.69) is 118 Å². The minimum absolute atomic E-state index is 0.0602. The number of hydrogen-bond acceptors (Lipinski definition) is 5. The van der Waals surface area contributed by atoms with Gasteiger partial charge in [0.15, 0.2) is 6.10 Å². The highest BCUT2D eigenvalue weighted by Crippen LogP contribution is 2.16. The van der Waals surface area contributed by atoms with Crippen molar-refractivity contribution < 1.29 is 23.8 Å². The van der Waals surface area contributed by atoms with Gasteiger partial charge in [0.2, 0.25) is 0 Å². The molecule has 0 saturated carbocycles. The van der Waals surface area contributed by atoms with Crippen LogP contribution < -0.4 is 0 Å². The Balaban J connectivity index is 4.35. The first-order chi connectivity index (χ1) is 33.6. The van der Waals surface area contributed by atoms with Crippen LogP contribution in [0.25, 0.3) is 0 Å². The molecular weight excluding hydrogens is 837 g/mol. The lowest BCUT2D eigenvalue weighted by Crippen LogP contribution is -2.30. The van der Waals surface area contributed by atoms with Crippen LogP contribution in [0, 0.1) is 0 Å². The van der Waals surface area contributed by atoms with E-state index in [9.17, 15) is 9.59 Å². The predicted molar refractivity (Wildman–Crippen MR) is 297 cm³/mol. The largest absolute Gasteiger partial charge is 0.462 e. The average molecular weight is 946 g/mol. The van der Waals surface area contributed by atoms with Crippen LogP contribution in [0.2, 0.25) is 0 Å². The molecule has 0 spiro atoms. The molecule has 0 N–H and O–H groups in total. The SMILES string of the molecule is CC/C=C\C/C=C\C/C=C\C/C=C\C/C=C\CCCCCC(=O)OCC(COCCCCCCCC/C=C\C/C=C\C/C=C\CC)OC(=O)CCCCCCCCCCCCCCCCCCC. The van der Waals surface area contributed by atoms with Gasteiger partial charge in [0.1, 0.15) is 6.61 Å². The van der Waals surface area contributed by atoms with Crippen molar-refractivity contribution in [2.45, 2.75) is 271 Å². The zero-order valence-electron chi connectivity index (χ0n) is 44.8. The van der Waals surface area contributed by atoms with Gasteiger partial charge in [0, 0.05) is 19.4 Å². The summed E-state index contributed by atoms with van der Waals surface area (Å²) in [6, 6.07) is 0. The first-order valence-electron chi connectivity index (χ1n) is 28.8. The molecule has 5 heteroatoms. The molecule has 0 saturated heterocycles. The number of unbranched alkanes of at least 4 members (excludes halogenated alkanes) is 25. The second kappa shape index (κ2) is 58.1. The van der Waals surface area contributed by atoms with E-state index in [0.29, 0.717) is 19.4 Å². The van der Waals surface area contributed by atoms with Crippen molar-refractivity contribution in [1.29, 1.82) is 0 Å². The van der Waals surface area contributed by atoms with Gasteiger partial charge in [-0.1, -0.05) is 253 Å². The maximum atomic E-state index is 12.9. The van der Waals surface area contributed by atoms with Crippen molar-refractivity contribution in [3.63, 3.8) is 0 Å². The molecule has 390 valence electrons. The minimum Gasteiger partial charge on any atom is -0.462 e. The second-order valence-electron chi connectivity index (χ2n) is 18.8. The highest BCUT2D eigenvalue weighted by molar-refractivity contribution is 5.70. The first kappa shape index (κ1) is 64.8. The van der Waals surface area contributed by atoms with Crippen LogP contribution >= 0.6 is 0 Å². The summed E-state index contributed by atoms with van der Waals surface area (Å²) in [5, 5.41) is 0. The summed E-state index contributed by atoms with van der Waals surface area (Å²) in [5.41, 5.74) is 0. The van der Waals surface area contributed by atoms with Crippen LogP contribution in [-0.4, -0.2) is 37.9 Å². The van der Waals surface area contributed by atoms with Gasteiger partial charge >= 0.3 is 11.9 Å². The normalized spacial score (nSPS) is 12.9. The van der Waals surface area contributed by atoms with Crippen molar-refractivity contribution >= 4 is 11.9 Å². The molecule has 1 atom stereocenters. The van der Waals surface area contributed by atoms with Gasteiger partial charge in [0.25, 0.3) is 0 Å². The molecule has 0 aromatic rings. The fourth-order valence-electron chi connectivity index (χ4n) is 7.90. The number of carbonyl (C=O) groups is 2. The topological polar surface area (TPSA) is 61.8 Å². The van der Waals surface area contributed by atoms with E-state index >= 15 is 0 Å². The van der Waals surface area contributed by atoms with E-state index in [4.69, 9.17) is 14.2 Å². The molecule has 0 aliphatic carbocycles. The zero-order chi connectivity index (χ0) is 49.2. The quantitative estimate of drug-likeness (QED) is 0.0345. The van der Waals surface area contributed by atoms with E-state index in [-0.39, 0.29) is 25.2 Å². The minimum atomic E-state index is -0.561. The number of allylic oxidation sites excluding steroid dienone is 16. The lowest BCUT2D eigenvalue weighted by atomic mass is 10.0. The van der Waals surface area contributed by atoms with E-state index < -0.39 is 6.10 Å². The summed E-state index contributed by atoms with van der Waals surface area (Å²) >= 11 is 0. The zero-order valence-corrected chi connectivity index (χ0v) is 44.8. The van der Waals surface area contributed by atoms with Crippen molar-refractivity contribution in [2.24, 2.45) is 0 Å². The standard InChI is InChI=1S/C63H108O5/c1-4-7-10-13-16-19-22-25-28-31-32-34-35-38-41-44-47-50-53-56-62(64)67-60-61(59-66-58-55-52-49-46-43-40-37-30-27-24-21-18-15-12-9-6-3)68-63(65)57-54-51-48-45-42-39-36-33-29-26-23-20-17-14-11-8-5-2/h7,9-10,12,16,18-19,21,25,27-28,30,32,34,38,41,61H,4-6,8,11,13-15,17,20,22-24,26,29,31,33,35-37,39-40,42-60H2,1-3H3/b10-7-,12-9-,19-16-,21-18-,28-25-,30-27-,34-32-,41-38-. The Kier molecular flexibility index (Phi) is 55.4. The molecule has 0 bridgehead atoms. The monoisotopic (exact) mass is 945 g/mol. The second-order valence-corrected chi connectivity index (χ2v) is 18.8. The molecule has 0 aliphatic heterocycles. The number of esters is 2. The van der Waals surface area contributed by atoms with Crippen molar-refractivity contribution in [1.82, 2.24) is 0 Å². The van der Waals surface area contributed by atoms with Crippen molar-refractivity contribution in [2.75, 3.05) is 19.8 Å². The Hall–Kier alpha value is -3.18. The van der Waals surface area contributed by atoms with Gasteiger partial charge < -0.3 is 14.2 Å². The first-order valence-corrected chi connectivity index (χ1v) is 28.8. The Bertz CT molecular complexity index is 1300. The molecule has 0 rings (SSSR count). The number of rotatable bonds is 52. The fraction of sp³-hybridized carbons (Fsp3) is 0.714. The Morgan fingerprint density at radius 1 is 0.338 bits per heavy atom. The summed E-state index contributed by atoms with van der Waals surface area (Å²) in [5.74, 6) is -0.436. The third-order valence-corrected chi connectivity index (χ3v) is 12.1. The molecule has 68 heavy (non-hydrogen) atoms. The van der Waals surface area contributed by atoms with Crippen LogP contribution in [0.3, 0.4) is 0 Å². The molecule has 1 unspecified atom stereocenters. The average Bonchev–Trinajstić information content (AvgIpc) is 3.34. The summed E-state index contributed by atoms with van der Waals surface area (Å²) in [6.45, 7) is 7.57. The van der Waals surface area contributed by atoms with E-state index in [1.165, 1.54) is 122 Å². The van der Waals surface area contributed by atoms with Gasteiger partial charge in [-0.05, 0) is 96.3 Å². The van der Waals surface area contributed by atoms with Crippen LogP contribution in [0.15, 0.2) is 97.2 Å². The van der Waals surface area contributed by atoms with Gasteiger partial charge in [-0.2, -0.15) is 0 Å².